The van der Waals surface area contributed by atoms with Gasteiger partial charge in [0, 0.05) is 63.9 Å². The van der Waals surface area contributed by atoms with Crippen LogP contribution in [-0.4, -0.2) is 67.0 Å². The number of hydrogen-bond acceptors (Lipinski definition) is 6. The van der Waals surface area contributed by atoms with E-state index in [4.69, 9.17) is 5.73 Å². The second-order valence-corrected chi connectivity index (χ2v) is 7.16. The number of piperazine rings is 1. The molecule has 1 saturated heterocycles. The van der Waals surface area contributed by atoms with Crippen LogP contribution in [0.5, 0.6) is 0 Å². The highest BCUT2D eigenvalue weighted by Gasteiger charge is 2.19. The van der Waals surface area contributed by atoms with E-state index in [0.29, 0.717) is 18.8 Å². The normalized spacial score (nSPS) is 15.4. The largest absolute Gasteiger partial charge is 0.369 e. The first-order chi connectivity index (χ1) is 12.2. The molecule has 134 valence electrons. The molecule has 2 aromatic rings. The predicted molar refractivity (Wildman–Crippen MR) is 102 cm³/mol. The summed E-state index contributed by atoms with van der Waals surface area (Å²) in [7, 11) is 1.84. The first-order valence-electron chi connectivity index (χ1n) is 8.59. The summed E-state index contributed by atoms with van der Waals surface area (Å²) in [6.45, 7) is 6.06. The minimum absolute atomic E-state index is 0.0288. The van der Waals surface area contributed by atoms with Gasteiger partial charge in [-0.2, -0.15) is 0 Å². The maximum absolute atomic E-state index is 12.4. The van der Waals surface area contributed by atoms with Crippen LogP contribution in [0.25, 0.3) is 0 Å². The number of amides is 1. The lowest BCUT2D eigenvalue weighted by molar-refractivity contribution is 0.0771. The fourth-order valence-corrected chi connectivity index (χ4v) is 3.61. The molecule has 1 aromatic heterocycles. The molecule has 0 radical (unpaired) electrons. The highest BCUT2D eigenvalue weighted by molar-refractivity contribution is 7.09. The summed E-state index contributed by atoms with van der Waals surface area (Å²) in [4.78, 5) is 23.2. The van der Waals surface area contributed by atoms with Crippen molar-refractivity contribution in [3.05, 3.63) is 46.4 Å². The fraction of sp³-hybridized carbons (Fsp3) is 0.444. The molecule has 0 bridgehead atoms. The summed E-state index contributed by atoms with van der Waals surface area (Å²) in [6.07, 6.45) is 0. The van der Waals surface area contributed by atoms with E-state index in [0.717, 1.165) is 37.7 Å². The van der Waals surface area contributed by atoms with E-state index < -0.39 is 0 Å². The van der Waals surface area contributed by atoms with Crippen molar-refractivity contribution < 1.29 is 4.79 Å². The quantitative estimate of drug-likeness (QED) is 0.847. The highest BCUT2D eigenvalue weighted by Crippen LogP contribution is 2.15. The zero-order valence-electron chi connectivity index (χ0n) is 14.6. The summed E-state index contributed by atoms with van der Waals surface area (Å²) in [5.74, 6) is -0.0288. The Labute approximate surface area is 152 Å². The van der Waals surface area contributed by atoms with Gasteiger partial charge in [-0.3, -0.25) is 9.69 Å². The Hall–Kier alpha value is -1.96. The van der Waals surface area contributed by atoms with E-state index in [-0.39, 0.29) is 5.91 Å². The molecule has 0 unspecified atom stereocenters. The van der Waals surface area contributed by atoms with Gasteiger partial charge < -0.3 is 15.5 Å². The molecule has 6 nitrogen and oxygen atoms in total. The molecular formula is C18H25N5OS. The average molecular weight is 359 g/mol. The number of likely N-dealkylation sites (N-methyl/N-ethyl adjacent to an activating group) is 1. The lowest BCUT2D eigenvalue weighted by Gasteiger charge is -2.36. The summed E-state index contributed by atoms with van der Waals surface area (Å²) < 4.78 is 0. The number of thiazole rings is 1. The molecule has 0 spiro atoms. The number of benzene rings is 1. The van der Waals surface area contributed by atoms with Gasteiger partial charge in [0.15, 0.2) is 0 Å². The van der Waals surface area contributed by atoms with Crippen molar-refractivity contribution >= 4 is 22.9 Å². The van der Waals surface area contributed by atoms with Crippen LogP contribution in [-0.2, 0) is 6.54 Å². The Kier molecular flexibility index (Phi) is 6.01. The number of carbonyl (C=O) groups is 1. The van der Waals surface area contributed by atoms with Crippen LogP contribution in [0.1, 0.15) is 15.5 Å². The highest BCUT2D eigenvalue weighted by atomic mass is 32.1. The summed E-state index contributed by atoms with van der Waals surface area (Å²) in [6, 6.07) is 10.5. The van der Waals surface area contributed by atoms with Crippen molar-refractivity contribution in [2.45, 2.75) is 6.54 Å². The molecule has 1 fully saturated rings. The zero-order valence-corrected chi connectivity index (χ0v) is 15.4. The maximum atomic E-state index is 12.4. The molecule has 2 N–H and O–H groups in total. The molecule has 1 amide bonds. The number of para-hydroxylation sites is 1. The second-order valence-electron chi connectivity index (χ2n) is 6.22. The molecule has 0 aliphatic carbocycles. The van der Waals surface area contributed by atoms with E-state index in [2.05, 4.69) is 39.0 Å². The predicted octanol–water partition coefficient (Wildman–Crippen LogP) is 1.50. The van der Waals surface area contributed by atoms with Gasteiger partial charge in [0.25, 0.3) is 5.91 Å². The third-order valence-electron chi connectivity index (χ3n) is 4.54. The van der Waals surface area contributed by atoms with Gasteiger partial charge in [-0.1, -0.05) is 18.2 Å². The van der Waals surface area contributed by atoms with Crippen LogP contribution in [0.2, 0.25) is 0 Å². The zero-order chi connectivity index (χ0) is 17.6. The molecule has 3 rings (SSSR count). The lowest BCUT2D eigenvalue weighted by Crippen LogP contribution is -2.48. The van der Waals surface area contributed by atoms with Crippen LogP contribution >= 0.6 is 11.3 Å². The number of nitrogens with zero attached hydrogens (tertiary/aromatic N) is 4. The summed E-state index contributed by atoms with van der Waals surface area (Å²) in [5.41, 5.74) is 7.35. The Balaban J connectivity index is 1.44. The van der Waals surface area contributed by atoms with E-state index in [1.165, 1.54) is 17.0 Å². The smallest absolute Gasteiger partial charge is 0.273 e. The SMILES string of the molecule is CN(CCN1CCN(c2ccccc2)CC1)C(=O)c1csc(CN)n1. The second kappa shape index (κ2) is 8.42. The van der Waals surface area contributed by atoms with Gasteiger partial charge in [-0.15, -0.1) is 11.3 Å². The number of nitrogens with two attached hydrogens (primary N) is 1. The van der Waals surface area contributed by atoms with Crippen LogP contribution in [0, 0.1) is 0 Å². The lowest BCUT2D eigenvalue weighted by atomic mass is 10.2. The molecule has 25 heavy (non-hydrogen) atoms. The molecule has 2 heterocycles. The van der Waals surface area contributed by atoms with Crippen molar-refractivity contribution in [3.63, 3.8) is 0 Å². The van der Waals surface area contributed by atoms with E-state index in [1.54, 1.807) is 10.3 Å². The maximum Gasteiger partial charge on any atom is 0.273 e. The van der Waals surface area contributed by atoms with E-state index in [1.807, 2.05) is 13.1 Å². The van der Waals surface area contributed by atoms with Crippen molar-refractivity contribution in [1.82, 2.24) is 14.8 Å². The standard InChI is InChI=1S/C18H25N5OS/c1-21(18(24)16-14-25-17(13-19)20-16)7-8-22-9-11-23(12-10-22)15-5-3-2-4-6-15/h2-6,14H,7-13,19H2,1H3. The van der Waals surface area contributed by atoms with Crippen molar-refractivity contribution in [2.75, 3.05) is 51.2 Å². The molecule has 1 aromatic carbocycles. The van der Waals surface area contributed by atoms with Crippen molar-refractivity contribution in [2.24, 2.45) is 5.73 Å². The Bertz CT molecular complexity index is 682. The van der Waals surface area contributed by atoms with E-state index >= 15 is 0 Å². The fourth-order valence-electron chi connectivity index (χ4n) is 2.96. The first kappa shape index (κ1) is 17.8. The molecule has 0 atom stereocenters. The van der Waals surface area contributed by atoms with Gasteiger partial charge in [0.1, 0.15) is 10.7 Å². The number of carbonyl (C=O) groups excluding carboxylic acids is 1. The molecule has 1 aliphatic heterocycles. The summed E-state index contributed by atoms with van der Waals surface area (Å²) in [5, 5.41) is 2.59. The van der Waals surface area contributed by atoms with Crippen LogP contribution in [0.4, 0.5) is 5.69 Å². The number of hydrogen-bond donors (Lipinski definition) is 1. The molecule has 1 aliphatic rings. The minimum atomic E-state index is -0.0288. The Morgan fingerprint density at radius 3 is 2.60 bits per heavy atom. The molecule has 0 saturated carbocycles. The van der Waals surface area contributed by atoms with Crippen LogP contribution in [0.15, 0.2) is 35.7 Å². The number of rotatable bonds is 6. The third-order valence-corrected chi connectivity index (χ3v) is 5.41. The van der Waals surface area contributed by atoms with Gasteiger partial charge in [-0.25, -0.2) is 4.98 Å². The van der Waals surface area contributed by atoms with Gasteiger partial charge >= 0.3 is 0 Å². The van der Waals surface area contributed by atoms with Gasteiger partial charge in [-0.05, 0) is 12.1 Å². The Morgan fingerprint density at radius 1 is 1.24 bits per heavy atom. The van der Waals surface area contributed by atoms with Gasteiger partial charge in [0.05, 0.1) is 0 Å². The molecular weight excluding hydrogens is 334 g/mol. The molecule has 7 heteroatoms. The monoisotopic (exact) mass is 359 g/mol. The Morgan fingerprint density at radius 2 is 1.96 bits per heavy atom. The number of aromatic nitrogens is 1. The van der Waals surface area contributed by atoms with Crippen LogP contribution < -0.4 is 10.6 Å². The average Bonchev–Trinajstić information content (AvgIpc) is 3.16. The first-order valence-corrected chi connectivity index (χ1v) is 9.47. The minimum Gasteiger partial charge on any atom is -0.369 e. The van der Waals surface area contributed by atoms with E-state index in [9.17, 15) is 4.79 Å². The van der Waals surface area contributed by atoms with Crippen LogP contribution in [0.3, 0.4) is 0 Å². The number of anilines is 1. The topological polar surface area (TPSA) is 65.7 Å². The van der Waals surface area contributed by atoms with Gasteiger partial charge in [0.2, 0.25) is 0 Å². The van der Waals surface area contributed by atoms with Crippen molar-refractivity contribution in [3.8, 4) is 0 Å². The third kappa shape index (κ3) is 4.56. The van der Waals surface area contributed by atoms with Crippen molar-refractivity contribution in [1.29, 1.82) is 0 Å². The summed E-state index contributed by atoms with van der Waals surface area (Å²) >= 11 is 1.44.